The van der Waals surface area contributed by atoms with Crippen molar-refractivity contribution in [3.05, 3.63) is 22.2 Å². The largest absolute Gasteiger partial charge is 0.507 e. The minimum absolute atomic E-state index is 0.373. The topological polar surface area (TPSA) is 33.1 Å². The molecular weight excluding hydrogens is 182 g/mol. The second-order valence-corrected chi connectivity index (χ2v) is 4.48. The van der Waals surface area contributed by atoms with Crippen molar-refractivity contribution >= 4 is 21.6 Å². The van der Waals surface area contributed by atoms with Gasteiger partial charge in [0, 0.05) is 5.56 Å². The maximum atomic E-state index is 9.68. The second-order valence-electron chi connectivity index (χ2n) is 3.25. The Labute approximate surface area is 80.9 Å². The van der Waals surface area contributed by atoms with Gasteiger partial charge in [0.05, 0.1) is 15.2 Å². The predicted molar refractivity (Wildman–Crippen MR) is 55.5 cm³/mol. The highest BCUT2D eigenvalue weighted by atomic mass is 32.1. The highest BCUT2D eigenvalue weighted by Gasteiger charge is 2.09. The molecule has 0 radical (unpaired) electrons. The third-order valence-electron chi connectivity index (χ3n) is 2.19. The summed E-state index contributed by atoms with van der Waals surface area (Å²) in [7, 11) is 0. The normalized spacial score (nSPS) is 11.0. The average Bonchev–Trinajstić information content (AvgIpc) is 2.42. The number of phenols is 1. The summed E-state index contributed by atoms with van der Waals surface area (Å²) >= 11 is 1.67. The van der Waals surface area contributed by atoms with Gasteiger partial charge < -0.3 is 5.11 Å². The highest BCUT2D eigenvalue weighted by Crippen LogP contribution is 2.32. The first-order valence-corrected chi connectivity index (χ1v) is 4.97. The molecule has 0 amide bonds. The van der Waals surface area contributed by atoms with E-state index in [1.165, 1.54) is 0 Å². The Morgan fingerprint density at radius 1 is 1.31 bits per heavy atom. The van der Waals surface area contributed by atoms with Crippen molar-refractivity contribution in [2.45, 2.75) is 20.8 Å². The molecule has 2 nitrogen and oxygen atoms in total. The molecule has 0 aliphatic carbocycles. The van der Waals surface area contributed by atoms with Crippen LogP contribution in [-0.2, 0) is 0 Å². The fraction of sp³-hybridized carbons (Fsp3) is 0.300. The van der Waals surface area contributed by atoms with E-state index in [0.717, 1.165) is 26.4 Å². The zero-order chi connectivity index (χ0) is 9.59. The van der Waals surface area contributed by atoms with E-state index in [1.807, 2.05) is 26.8 Å². The van der Waals surface area contributed by atoms with Gasteiger partial charge in [-0.05, 0) is 32.4 Å². The average molecular weight is 193 g/mol. The fourth-order valence-corrected chi connectivity index (χ4v) is 2.47. The molecule has 0 unspecified atom stereocenters. The number of hydrogen-bond donors (Lipinski definition) is 1. The molecule has 0 saturated heterocycles. The predicted octanol–water partition coefficient (Wildman–Crippen LogP) is 2.93. The SMILES string of the molecule is Cc1nc2c(C)c(O)c(C)cc2s1. The molecule has 0 fully saturated rings. The van der Waals surface area contributed by atoms with E-state index in [1.54, 1.807) is 11.3 Å². The third-order valence-corrected chi connectivity index (χ3v) is 3.11. The Morgan fingerprint density at radius 3 is 2.69 bits per heavy atom. The maximum absolute atomic E-state index is 9.68. The van der Waals surface area contributed by atoms with Crippen LogP contribution in [0.15, 0.2) is 6.07 Å². The summed E-state index contributed by atoms with van der Waals surface area (Å²) in [5, 5.41) is 10.7. The van der Waals surface area contributed by atoms with Crippen LogP contribution in [0.1, 0.15) is 16.1 Å². The van der Waals surface area contributed by atoms with E-state index in [4.69, 9.17) is 0 Å². The number of aryl methyl sites for hydroxylation is 3. The minimum Gasteiger partial charge on any atom is -0.507 e. The monoisotopic (exact) mass is 193 g/mol. The van der Waals surface area contributed by atoms with Crippen molar-refractivity contribution in [2.24, 2.45) is 0 Å². The summed E-state index contributed by atoms with van der Waals surface area (Å²) in [4.78, 5) is 4.37. The fourth-order valence-electron chi connectivity index (χ4n) is 1.48. The van der Waals surface area contributed by atoms with Gasteiger partial charge in [-0.1, -0.05) is 0 Å². The molecule has 2 aromatic rings. The number of aromatic nitrogens is 1. The molecule has 0 bridgehead atoms. The van der Waals surface area contributed by atoms with E-state index in [2.05, 4.69) is 4.98 Å². The van der Waals surface area contributed by atoms with Crippen LogP contribution in [0, 0.1) is 20.8 Å². The van der Waals surface area contributed by atoms with E-state index in [0.29, 0.717) is 5.75 Å². The molecule has 1 heterocycles. The molecule has 68 valence electrons. The number of rotatable bonds is 0. The molecule has 13 heavy (non-hydrogen) atoms. The van der Waals surface area contributed by atoms with Crippen molar-refractivity contribution in [1.29, 1.82) is 0 Å². The number of fused-ring (bicyclic) bond motifs is 1. The smallest absolute Gasteiger partial charge is 0.123 e. The van der Waals surface area contributed by atoms with Crippen molar-refractivity contribution in [3.63, 3.8) is 0 Å². The Balaban J connectivity index is 2.92. The van der Waals surface area contributed by atoms with Crippen LogP contribution in [0.3, 0.4) is 0 Å². The van der Waals surface area contributed by atoms with Gasteiger partial charge >= 0.3 is 0 Å². The lowest BCUT2D eigenvalue weighted by Crippen LogP contribution is -1.82. The Bertz CT molecular complexity index is 473. The lowest BCUT2D eigenvalue weighted by Gasteiger charge is -2.02. The summed E-state index contributed by atoms with van der Waals surface area (Å²) < 4.78 is 1.16. The Morgan fingerprint density at radius 2 is 2.00 bits per heavy atom. The molecule has 0 spiro atoms. The van der Waals surface area contributed by atoms with E-state index < -0.39 is 0 Å². The van der Waals surface area contributed by atoms with Crippen LogP contribution in [0.4, 0.5) is 0 Å². The summed E-state index contributed by atoms with van der Waals surface area (Å²) in [6, 6.07) is 1.99. The van der Waals surface area contributed by atoms with Crippen LogP contribution in [0.2, 0.25) is 0 Å². The molecule has 3 heteroatoms. The molecule has 0 aliphatic heterocycles. The van der Waals surface area contributed by atoms with Crippen molar-refractivity contribution in [2.75, 3.05) is 0 Å². The molecule has 0 atom stereocenters. The van der Waals surface area contributed by atoms with Crippen molar-refractivity contribution < 1.29 is 5.11 Å². The zero-order valence-electron chi connectivity index (χ0n) is 7.88. The molecule has 0 saturated carbocycles. The van der Waals surface area contributed by atoms with Crippen LogP contribution in [0.5, 0.6) is 5.75 Å². The Kier molecular flexibility index (Phi) is 1.77. The number of thiazole rings is 1. The lowest BCUT2D eigenvalue weighted by atomic mass is 10.1. The van der Waals surface area contributed by atoms with Gasteiger partial charge in [-0.2, -0.15) is 0 Å². The maximum Gasteiger partial charge on any atom is 0.123 e. The van der Waals surface area contributed by atoms with E-state index in [-0.39, 0.29) is 0 Å². The molecule has 0 aliphatic rings. The van der Waals surface area contributed by atoms with Gasteiger partial charge in [-0.3, -0.25) is 0 Å². The molecular formula is C10H11NOS. The van der Waals surface area contributed by atoms with Crippen molar-refractivity contribution in [3.8, 4) is 5.75 Å². The first-order valence-electron chi connectivity index (χ1n) is 4.16. The standard InChI is InChI=1S/C10H11NOS/c1-5-4-8-9(6(2)10(5)12)11-7(3)13-8/h4,12H,1-3H3. The van der Waals surface area contributed by atoms with Gasteiger partial charge in [-0.15, -0.1) is 11.3 Å². The van der Waals surface area contributed by atoms with Gasteiger partial charge in [0.2, 0.25) is 0 Å². The van der Waals surface area contributed by atoms with Crippen LogP contribution in [-0.4, -0.2) is 10.1 Å². The third kappa shape index (κ3) is 1.20. The molecule has 2 rings (SSSR count). The number of phenolic OH excluding ortho intramolecular Hbond substituents is 1. The summed E-state index contributed by atoms with van der Waals surface area (Å²) in [5.74, 6) is 0.373. The highest BCUT2D eigenvalue weighted by molar-refractivity contribution is 7.18. The van der Waals surface area contributed by atoms with Gasteiger partial charge in [0.1, 0.15) is 5.75 Å². The summed E-state index contributed by atoms with van der Waals surface area (Å²) in [6.07, 6.45) is 0. The first kappa shape index (κ1) is 8.51. The first-order chi connectivity index (χ1) is 6.09. The number of aromatic hydroxyl groups is 1. The van der Waals surface area contributed by atoms with Gasteiger partial charge in [-0.25, -0.2) is 4.98 Å². The summed E-state index contributed by atoms with van der Waals surface area (Å²) in [5.41, 5.74) is 2.75. The summed E-state index contributed by atoms with van der Waals surface area (Å²) in [6.45, 7) is 5.80. The van der Waals surface area contributed by atoms with Crippen molar-refractivity contribution in [1.82, 2.24) is 4.98 Å². The molecule has 1 aromatic carbocycles. The van der Waals surface area contributed by atoms with Crippen LogP contribution >= 0.6 is 11.3 Å². The minimum atomic E-state index is 0.373. The van der Waals surface area contributed by atoms with Crippen LogP contribution < -0.4 is 0 Å². The van der Waals surface area contributed by atoms with Gasteiger partial charge in [0.15, 0.2) is 0 Å². The quantitative estimate of drug-likeness (QED) is 0.697. The van der Waals surface area contributed by atoms with E-state index in [9.17, 15) is 5.11 Å². The molecule has 1 aromatic heterocycles. The van der Waals surface area contributed by atoms with Crippen LogP contribution in [0.25, 0.3) is 10.2 Å². The second kappa shape index (κ2) is 2.70. The molecule has 1 N–H and O–H groups in total. The van der Waals surface area contributed by atoms with Gasteiger partial charge in [0.25, 0.3) is 0 Å². The number of hydrogen-bond acceptors (Lipinski definition) is 3. The lowest BCUT2D eigenvalue weighted by molar-refractivity contribution is 0.468. The number of nitrogens with zero attached hydrogens (tertiary/aromatic N) is 1. The zero-order valence-corrected chi connectivity index (χ0v) is 8.70. The number of benzene rings is 1. The van der Waals surface area contributed by atoms with E-state index >= 15 is 0 Å². The Hall–Kier alpha value is -1.09.